The molecule has 0 heterocycles. The third-order valence-electron chi connectivity index (χ3n) is 3.62. The van der Waals surface area contributed by atoms with E-state index in [1.165, 1.54) is 0 Å². The van der Waals surface area contributed by atoms with E-state index < -0.39 is 0 Å². The molecule has 15 heavy (non-hydrogen) atoms. The van der Waals surface area contributed by atoms with Crippen LogP contribution in [0.25, 0.3) is 0 Å². The van der Waals surface area contributed by atoms with E-state index in [-0.39, 0.29) is 11.3 Å². The highest BCUT2D eigenvalue weighted by Gasteiger charge is 2.34. The number of hydrogen-bond donors (Lipinski definition) is 0. The SMILES string of the molecule is CCC1=CCC(/C=C/C(C)C=O)C1(C)C. The first kappa shape index (κ1) is 12.2. The van der Waals surface area contributed by atoms with E-state index in [0.29, 0.717) is 5.92 Å². The van der Waals surface area contributed by atoms with Gasteiger partial charge in [-0.3, -0.25) is 0 Å². The zero-order chi connectivity index (χ0) is 11.5. The average Bonchev–Trinajstić information content (AvgIpc) is 2.49. The maximum Gasteiger partial charge on any atom is 0.126 e. The molecule has 1 nitrogen and oxygen atoms in total. The Kier molecular flexibility index (Phi) is 3.90. The van der Waals surface area contributed by atoms with E-state index in [4.69, 9.17) is 0 Å². The molecule has 0 N–H and O–H groups in total. The van der Waals surface area contributed by atoms with E-state index in [9.17, 15) is 4.79 Å². The van der Waals surface area contributed by atoms with Crippen molar-refractivity contribution in [2.24, 2.45) is 17.3 Å². The summed E-state index contributed by atoms with van der Waals surface area (Å²) in [7, 11) is 0. The summed E-state index contributed by atoms with van der Waals surface area (Å²) in [5.41, 5.74) is 1.82. The summed E-state index contributed by atoms with van der Waals surface area (Å²) >= 11 is 0. The first-order valence-electron chi connectivity index (χ1n) is 5.85. The van der Waals surface area contributed by atoms with Gasteiger partial charge in [-0.25, -0.2) is 0 Å². The van der Waals surface area contributed by atoms with Gasteiger partial charge in [0.2, 0.25) is 0 Å². The van der Waals surface area contributed by atoms with Crippen LogP contribution in [0.3, 0.4) is 0 Å². The minimum atomic E-state index is 0.0477. The third-order valence-corrected chi connectivity index (χ3v) is 3.62. The maximum absolute atomic E-state index is 10.5. The number of carbonyl (C=O) groups excluding carboxylic acids is 1. The summed E-state index contributed by atoms with van der Waals surface area (Å²) in [5, 5.41) is 0. The minimum Gasteiger partial charge on any atom is -0.303 e. The van der Waals surface area contributed by atoms with Crippen molar-refractivity contribution in [3.8, 4) is 0 Å². The molecule has 2 unspecified atom stereocenters. The smallest absolute Gasteiger partial charge is 0.126 e. The minimum absolute atomic E-state index is 0.0477. The Morgan fingerprint density at radius 3 is 2.73 bits per heavy atom. The second-order valence-corrected chi connectivity index (χ2v) is 5.03. The molecule has 2 atom stereocenters. The highest BCUT2D eigenvalue weighted by Crippen LogP contribution is 2.45. The molecular formula is C14H22O. The molecule has 0 saturated heterocycles. The van der Waals surface area contributed by atoms with Crippen LogP contribution in [0.1, 0.15) is 40.5 Å². The zero-order valence-electron chi connectivity index (χ0n) is 10.3. The van der Waals surface area contributed by atoms with Gasteiger partial charge < -0.3 is 4.79 Å². The summed E-state index contributed by atoms with van der Waals surface area (Å²) < 4.78 is 0. The summed E-state index contributed by atoms with van der Waals surface area (Å²) in [6.45, 7) is 8.75. The van der Waals surface area contributed by atoms with Crippen LogP contribution in [0.4, 0.5) is 0 Å². The number of carbonyl (C=O) groups is 1. The van der Waals surface area contributed by atoms with Crippen LogP contribution in [0.15, 0.2) is 23.8 Å². The second kappa shape index (κ2) is 4.78. The Morgan fingerprint density at radius 1 is 1.60 bits per heavy atom. The van der Waals surface area contributed by atoms with E-state index in [1.807, 2.05) is 13.0 Å². The van der Waals surface area contributed by atoms with Crippen LogP contribution in [-0.2, 0) is 4.79 Å². The topological polar surface area (TPSA) is 17.1 Å². The van der Waals surface area contributed by atoms with Crippen LogP contribution in [0.5, 0.6) is 0 Å². The fourth-order valence-electron chi connectivity index (χ4n) is 2.34. The van der Waals surface area contributed by atoms with E-state index >= 15 is 0 Å². The van der Waals surface area contributed by atoms with Gasteiger partial charge in [0, 0.05) is 5.92 Å². The predicted molar refractivity (Wildman–Crippen MR) is 64.6 cm³/mol. The summed E-state index contributed by atoms with van der Waals surface area (Å²) in [4.78, 5) is 10.5. The molecule has 0 spiro atoms. The van der Waals surface area contributed by atoms with Gasteiger partial charge >= 0.3 is 0 Å². The van der Waals surface area contributed by atoms with Crippen molar-refractivity contribution in [1.29, 1.82) is 0 Å². The molecule has 0 bridgehead atoms. The molecule has 0 aromatic rings. The van der Waals surface area contributed by atoms with Gasteiger partial charge in [0.1, 0.15) is 6.29 Å². The molecule has 1 rings (SSSR count). The number of hydrogen-bond acceptors (Lipinski definition) is 1. The molecule has 0 aromatic heterocycles. The van der Waals surface area contributed by atoms with E-state index in [2.05, 4.69) is 32.9 Å². The van der Waals surface area contributed by atoms with Crippen molar-refractivity contribution in [1.82, 2.24) is 0 Å². The van der Waals surface area contributed by atoms with Gasteiger partial charge in [0.25, 0.3) is 0 Å². The molecule has 84 valence electrons. The Hall–Kier alpha value is -0.850. The number of allylic oxidation sites excluding steroid dienone is 4. The van der Waals surface area contributed by atoms with Crippen molar-refractivity contribution in [2.75, 3.05) is 0 Å². The van der Waals surface area contributed by atoms with Gasteiger partial charge in [-0.05, 0) is 24.2 Å². The Balaban J connectivity index is 2.68. The molecule has 1 aliphatic carbocycles. The largest absolute Gasteiger partial charge is 0.303 e. The van der Waals surface area contributed by atoms with Crippen molar-refractivity contribution in [2.45, 2.75) is 40.5 Å². The van der Waals surface area contributed by atoms with Gasteiger partial charge in [0.15, 0.2) is 0 Å². The molecule has 1 heteroatoms. The second-order valence-electron chi connectivity index (χ2n) is 5.03. The molecule has 1 aliphatic rings. The Labute approximate surface area is 93.3 Å². The molecule has 0 saturated carbocycles. The monoisotopic (exact) mass is 206 g/mol. The van der Waals surface area contributed by atoms with Crippen molar-refractivity contribution in [3.63, 3.8) is 0 Å². The quantitative estimate of drug-likeness (QED) is 0.505. The van der Waals surface area contributed by atoms with Crippen molar-refractivity contribution in [3.05, 3.63) is 23.8 Å². The average molecular weight is 206 g/mol. The normalized spacial score (nSPS) is 26.7. The standard InChI is InChI=1S/C14H22O/c1-5-12-8-9-13(14(12,3)4)7-6-11(2)10-15/h6-8,10-11,13H,5,9H2,1-4H3/b7-6+. The van der Waals surface area contributed by atoms with Crippen LogP contribution in [-0.4, -0.2) is 6.29 Å². The molecule has 0 radical (unpaired) electrons. The lowest BCUT2D eigenvalue weighted by Gasteiger charge is -2.28. The van der Waals surface area contributed by atoms with Gasteiger partial charge in [-0.1, -0.05) is 51.5 Å². The predicted octanol–water partition coefficient (Wildman–Crippen LogP) is 3.76. The fourth-order valence-corrected chi connectivity index (χ4v) is 2.34. The highest BCUT2D eigenvalue weighted by molar-refractivity contribution is 5.55. The lowest BCUT2D eigenvalue weighted by molar-refractivity contribution is -0.109. The molecular weight excluding hydrogens is 184 g/mol. The van der Waals surface area contributed by atoms with Gasteiger partial charge in [0.05, 0.1) is 0 Å². The molecule has 0 fully saturated rings. The van der Waals surface area contributed by atoms with E-state index in [1.54, 1.807) is 5.57 Å². The lowest BCUT2D eigenvalue weighted by atomic mass is 9.76. The Bertz CT molecular complexity index is 284. The molecule has 0 amide bonds. The zero-order valence-corrected chi connectivity index (χ0v) is 10.3. The highest BCUT2D eigenvalue weighted by atomic mass is 16.1. The van der Waals surface area contributed by atoms with Crippen LogP contribution < -0.4 is 0 Å². The maximum atomic E-state index is 10.5. The summed E-state index contributed by atoms with van der Waals surface area (Å²) in [6.07, 6.45) is 9.87. The molecule has 0 aliphatic heterocycles. The number of aldehydes is 1. The first-order valence-corrected chi connectivity index (χ1v) is 5.85. The summed E-state index contributed by atoms with van der Waals surface area (Å²) in [6, 6.07) is 0. The summed E-state index contributed by atoms with van der Waals surface area (Å²) in [5.74, 6) is 0.612. The van der Waals surface area contributed by atoms with Gasteiger partial charge in [-0.2, -0.15) is 0 Å². The van der Waals surface area contributed by atoms with Crippen LogP contribution >= 0.6 is 0 Å². The lowest BCUT2D eigenvalue weighted by Crippen LogP contribution is -2.19. The van der Waals surface area contributed by atoms with Crippen LogP contribution in [0, 0.1) is 17.3 Å². The van der Waals surface area contributed by atoms with E-state index in [0.717, 1.165) is 19.1 Å². The van der Waals surface area contributed by atoms with Gasteiger partial charge in [-0.15, -0.1) is 0 Å². The Morgan fingerprint density at radius 2 is 2.27 bits per heavy atom. The third kappa shape index (κ3) is 2.58. The van der Waals surface area contributed by atoms with Crippen molar-refractivity contribution >= 4 is 6.29 Å². The molecule has 0 aromatic carbocycles. The van der Waals surface area contributed by atoms with Crippen molar-refractivity contribution < 1.29 is 4.79 Å². The first-order chi connectivity index (χ1) is 7.02. The van der Waals surface area contributed by atoms with Crippen LogP contribution in [0.2, 0.25) is 0 Å². The fraction of sp³-hybridized carbons (Fsp3) is 0.643. The number of rotatable bonds is 4.